The van der Waals surface area contributed by atoms with Crippen molar-refractivity contribution in [3.8, 4) is 11.1 Å². The van der Waals surface area contributed by atoms with Gasteiger partial charge in [-0.25, -0.2) is 9.38 Å². The van der Waals surface area contributed by atoms with Crippen molar-refractivity contribution in [3.05, 3.63) is 94.3 Å². The van der Waals surface area contributed by atoms with Crippen LogP contribution in [-0.4, -0.2) is 12.0 Å². The van der Waals surface area contributed by atoms with Gasteiger partial charge < -0.3 is 4.74 Å². The molecule has 136 valence electrons. The van der Waals surface area contributed by atoms with E-state index >= 15 is 0 Å². The monoisotopic (exact) mass is 379 g/mol. The Hall–Kier alpha value is -2.65. The molecule has 1 aliphatic heterocycles. The molecule has 4 heteroatoms. The second kappa shape index (κ2) is 7.16. The summed E-state index contributed by atoms with van der Waals surface area (Å²) in [6.07, 6.45) is -0.194. The summed E-state index contributed by atoms with van der Waals surface area (Å²) in [5.74, 6) is -0.165. The molecule has 0 unspecified atom stereocenters. The number of halogens is 2. The largest absolute Gasteiger partial charge is 0.472 e. The van der Waals surface area contributed by atoms with E-state index < -0.39 is 5.82 Å². The second-order valence-corrected chi connectivity index (χ2v) is 7.19. The summed E-state index contributed by atoms with van der Waals surface area (Å²) in [4.78, 5) is 4.62. The predicted molar refractivity (Wildman–Crippen MR) is 108 cm³/mol. The molecule has 4 rings (SSSR count). The maximum Gasteiger partial charge on any atom is 0.221 e. The van der Waals surface area contributed by atoms with E-state index in [1.807, 2.05) is 6.92 Å². The van der Waals surface area contributed by atoms with Gasteiger partial charge in [0.05, 0.1) is 10.6 Å². The Labute approximate surface area is 163 Å². The zero-order valence-electron chi connectivity index (χ0n) is 15.1. The maximum atomic E-state index is 14.2. The summed E-state index contributed by atoms with van der Waals surface area (Å²) in [6.45, 7) is 4.01. The molecule has 1 aliphatic rings. The molecule has 0 aliphatic carbocycles. The molecule has 3 aromatic rings. The Bertz CT molecular complexity index is 976. The molecule has 0 N–H and O–H groups in total. The molecule has 1 heterocycles. The number of benzene rings is 3. The fourth-order valence-electron chi connectivity index (χ4n) is 3.29. The fraction of sp³-hybridized carbons (Fsp3) is 0.174. The molecule has 3 aromatic carbocycles. The zero-order chi connectivity index (χ0) is 19.0. The Morgan fingerprint density at radius 3 is 2.19 bits per heavy atom. The number of ether oxygens (including phenoxy) is 1. The third-order valence-electron chi connectivity index (χ3n) is 4.81. The summed E-state index contributed by atoms with van der Waals surface area (Å²) in [7, 11) is 0. The molecule has 0 amide bonds. The lowest BCUT2D eigenvalue weighted by Gasteiger charge is -2.14. The van der Waals surface area contributed by atoms with Gasteiger partial charge in [0.1, 0.15) is 18.0 Å². The topological polar surface area (TPSA) is 21.6 Å². The highest BCUT2D eigenvalue weighted by molar-refractivity contribution is 6.33. The van der Waals surface area contributed by atoms with E-state index in [4.69, 9.17) is 16.3 Å². The molecule has 0 fully saturated rings. The molecule has 0 bridgehead atoms. The quantitative estimate of drug-likeness (QED) is 0.518. The van der Waals surface area contributed by atoms with E-state index in [0.717, 1.165) is 11.1 Å². The SMILES string of the molecule is Cc1ccc(-c2ccc([C@@H]3N=C(c4c(F)cccc4Cl)O[C@@H]3C)cc2)cc1. The van der Waals surface area contributed by atoms with Crippen LogP contribution in [0.4, 0.5) is 4.39 Å². The van der Waals surface area contributed by atoms with Crippen LogP contribution in [0.2, 0.25) is 5.02 Å². The van der Waals surface area contributed by atoms with Crippen LogP contribution in [0.25, 0.3) is 11.1 Å². The summed E-state index contributed by atoms with van der Waals surface area (Å²) < 4.78 is 20.0. The van der Waals surface area contributed by atoms with Crippen LogP contribution in [-0.2, 0) is 4.74 Å². The standard InChI is InChI=1S/C23H19ClFNO/c1-14-6-8-16(9-7-14)17-10-12-18(13-11-17)22-15(2)27-23(26-22)21-19(24)4-3-5-20(21)25/h3-13,15,22H,1-2H3/t15-,22-/m1/s1. The molecular formula is C23H19ClFNO. The van der Waals surface area contributed by atoms with Gasteiger partial charge in [0.15, 0.2) is 0 Å². The first kappa shape index (κ1) is 17.7. The van der Waals surface area contributed by atoms with Gasteiger partial charge in [-0.2, -0.15) is 0 Å². The fourth-order valence-corrected chi connectivity index (χ4v) is 3.54. The first-order valence-corrected chi connectivity index (χ1v) is 9.26. The molecular weight excluding hydrogens is 361 g/mol. The lowest BCUT2D eigenvalue weighted by Crippen LogP contribution is -2.13. The Balaban J connectivity index is 1.63. The Morgan fingerprint density at radius 2 is 1.56 bits per heavy atom. The van der Waals surface area contributed by atoms with E-state index in [-0.39, 0.29) is 23.6 Å². The van der Waals surface area contributed by atoms with Crippen molar-refractivity contribution in [2.24, 2.45) is 4.99 Å². The Kier molecular flexibility index (Phi) is 4.71. The molecule has 0 saturated heterocycles. The zero-order valence-corrected chi connectivity index (χ0v) is 15.9. The highest BCUT2D eigenvalue weighted by atomic mass is 35.5. The van der Waals surface area contributed by atoms with E-state index in [9.17, 15) is 4.39 Å². The van der Waals surface area contributed by atoms with Crippen LogP contribution in [0.1, 0.15) is 29.7 Å². The summed E-state index contributed by atoms with van der Waals surface area (Å²) >= 11 is 6.15. The molecule has 0 radical (unpaired) electrons. The van der Waals surface area contributed by atoms with Crippen LogP contribution in [0.15, 0.2) is 71.7 Å². The summed E-state index contributed by atoms with van der Waals surface area (Å²) in [5, 5.41) is 0.302. The maximum absolute atomic E-state index is 14.2. The lowest BCUT2D eigenvalue weighted by molar-refractivity contribution is 0.213. The first-order valence-electron chi connectivity index (χ1n) is 8.89. The van der Waals surface area contributed by atoms with Gasteiger partial charge in [0.25, 0.3) is 0 Å². The van der Waals surface area contributed by atoms with E-state index in [2.05, 4.69) is 60.4 Å². The van der Waals surface area contributed by atoms with Gasteiger partial charge in [-0.15, -0.1) is 0 Å². The minimum Gasteiger partial charge on any atom is -0.472 e. The van der Waals surface area contributed by atoms with Crippen LogP contribution in [0.5, 0.6) is 0 Å². The highest BCUT2D eigenvalue weighted by Crippen LogP contribution is 2.34. The van der Waals surface area contributed by atoms with E-state index in [1.54, 1.807) is 12.1 Å². The van der Waals surface area contributed by atoms with Crippen molar-refractivity contribution in [2.45, 2.75) is 26.0 Å². The smallest absolute Gasteiger partial charge is 0.221 e. The van der Waals surface area contributed by atoms with Gasteiger partial charge in [-0.3, -0.25) is 0 Å². The van der Waals surface area contributed by atoms with Gasteiger partial charge in [-0.1, -0.05) is 71.8 Å². The van der Waals surface area contributed by atoms with Crippen molar-refractivity contribution >= 4 is 17.5 Å². The summed E-state index contributed by atoms with van der Waals surface area (Å²) in [5.41, 5.74) is 4.81. The highest BCUT2D eigenvalue weighted by Gasteiger charge is 2.31. The summed E-state index contributed by atoms with van der Waals surface area (Å²) in [6, 6.07) is 21.1. The number of rotatable bonds is 3. The van der Waals surface area contributed by atoms with Crippen LogP contribution >= 0.6 is 11.6 Å². The van der Waals surface area contributed by atoms with Crippen molar-refractivity contribution in [2.75, 3.05) is 0 Å². The number of nitrogens with zero attached hydrogens (tertiary/aromatic N) is 1. The average Bonchev–Trinajstić information content (AvgIpc) is 3.04. The van der Waals surface area contributed by atoms with Crippen LogP contribution in [0, 0.1) is 12.7 Å². The minimum atomic E-state index is -0.427. The lowest BCUT2D eigenvalue weighted by atomic mass is 9.98. The average molecular weight is 380 g/mol. The Morgan fingerprint density at radius 1 is 0.926 bits per heavy atom. The third kappa shape index (κ3) is 3.47. The van der Waals surface area contributed by atoms with Gasteiger partial charge in [-0.05, 0) is 42.7 Å². The molecule has 2 nitrogen and oxygen atoms in total. The number of aryl methyl sites for hydroxylation is 1. The normalized spacial score (nSPS) is 18.9. The van der Waals surface area contributed by atoms with Gasteiger partial charge in [0, 0.05) is 0 Å². The van der Waals surface area contributed by atoms with Gasteiger partial charge >= 0.3 is 0 Å². The first-order chi connectivity index (χ1) is 13.0. The third-order valence-corrected chi connectivity index (χ3v) is 5.13. The van der Waals surface area contributed by atoms with Crippen molar-refractivity contribution in [3.63, 3.8) is 0 Å². The van der Waals surface area contributed by atoms with Crippen molar-refractivity contribution in [1.29, 1.82) is 0 Å². The van der Waals surface area contributed by atoms with Crippen molar-refractivity contribution in [1.82, 2.24) is 0 Å². The molecule has 2 atom stereocenters. The number of hydrogen-bond acceptors (Lipinski definition) is 2. The molecule has 0 spiro atoms. The van der Waals surface area contributed by atoms with Crippen molar-refractivity contribution < 1.29 is 9.13 Å². The minimum absolute atomic E-state index is 0.192. The van der Waals surface area contributed by atoms with E-state index in [0.29, 0.717) is 5.02 Å². The van der Waals surface area contributed by atoms with Gasteiger partial charge in [0.2, 0.25) is 5.90 Å². The molecule has 0 saturated carbocycles. The predicted octanol–water partition coefficient (Wildman–Crippen LogP) is 6.36. The van der Waals surface area contributed by atoms with E-state index in [1.165, 1.54) is 17.2 Å². The molecule has 0 aromatic heterocycles. The van der Waals surface area contributed by atoms with Crippen LogP contribution in [0.3, 0.4) is 0 Å². The number of hydrogen-bond donors (Lipinski definition) is 0. The second-order valence-electron chi connectivity index (χ2n) is 6.79. The number of aliphatic imine (C=N–C) groups is 1. The van der Waals surface area contributed by atoms with Crippen LogP contribution < -0.4 is 0 Å². The molecule has 27 heavy (non-hydrogen) atoms.